The van der Waals surface area contributed by atoms with Crippen molar-refractivity contribution < 1.29 is 14.7 Å². The molecule has 1 heterocycles. The maximum atomic E-state index is 11.9. The van der Waals surface area contributed by atoms with Crippen LogP contribution in [0.4, 0.5) is 5.69 Å². The van der Waals surface area contributed by atoms with Crippen LogP contribution in [0.15, 0.2) is 36.4 Å². The maximum absolute atomic E-state index is 11.9. The van der Waals surface area contributed by atoms with E-state index in [9.17, 15) is 9.59 Å². The van der Waals surface area contributed by atoms with Crippen molar-refractivity contribution in [2.75, 3.05) is 5.32 Å². The predicted octanol–water partition coefficient (Wildman–Crippen LogP) is 3.01. The Morgan fingerprint density at radius 3 is 2.61 bits per heavy atom. The molecule has 0 aliphatic carbocycles. The number of rotatable bonds is 3. The van der Waals surface area contributed by atoms with Gasteiger partial charge >= 0.3 is 5.97 Å². The Labute approximate surface area is 108 Å². The number of hydrogen-bond donors (Lipinski definition) is 2. The van der Waals surface area contributed by atoms with Crippen LogP contribution in [0.2, 0.25) is 0 Å². The number of carbonyl (C=O) groups is 2. The first-order valence-corrected chi connectivity index (χ1v) is 6.09. The molecule has 0 unspecified atom stereocenters. The fraction of sp³-hybridized carbons (Fsp3) is 0.0769. The largest absolute Gasteiger partial charge is 0.478 e. The van der Waals surface area contributed by atoms with Crippen molar-refractivity contribution in [2.45, 2.75) is 6.92 Å². The van der Waals surface area contributed by atoms with Gasteiger partial charge in [0.2, 0.25) is 0 Å². The Morgan fingerprint density at radius 1 is 1.22 bits per heavy atom. The maximum Gasteiger partial charge on any atom is 0.335 e. The van der Waals surface area contributed by atoms with E-state index in [0.717, 1.165) is 4.88 Å². The van der Waals surface area contributed by atoms with Crippen LogP contribution in [0.1, 0.15) is 24.9 Å². The second-order valence-corrected chi connectivity index (χ2v) is 5.04. The van der Waals surface area contributed by atoms with Gasteiger partial charge in [-0.2, -0.15) is 0 Å². The van der Waals surface area contributed by atoms with Gasteiger partial charge in [0.1, 0.15) is 0 Å². The molecule has 0 spiro atoms. The van der Waals surface area contributed by atoms with Gasteiger partial charge in [-0.05, 0) is 37.3 Å². The normalized spacial score (nSPS) is 10.1. The monoisotopic (exact) mass is 261 g/mol. The molecule has 0 aliphatic heterocycles. The molecule has 5 heteroatoms. The molecular formula is C13H11NO3S. The summed E-state index contributed by atoms with van der Waals surface area (Å²) in [5.74, 6) is -1.24. The van der Waals surface area contributed by atoms with Gasteiger partial charge < -0.3 is 10.4 Å². The van der Waals surface area contributed by atoms with Crippen molar-refractivity contribution in [3.8, 4) is 0 Å². The smallest absolute Gasteiger partial charge is 0.335 e. The Morgan fingerprint density at radius 2 is 2.00 bits per heavy atom. The van der Waals surface area contributed by atoms with E-state index in [1.807, 2.05) is 13.0 Å². The van der Waals surface area contributed by atoms with Crippen LogP contribution in [-0.2, 0) is 0 Å². The van der Waals surface area contributed by atoms with E-state index in [2.05, 4.69) is 5.32 Å². The van der Waals surface area contributed by atoms with E-state index in [4.69, 9.17) is 5.11 Å². The summed E-state index contributed by atoms with van der Waals surface area (Å²) in [6.07, 6.45) is 0. The number of aryl methyl sites for hydroxylation is 1. The number of hydrogen-bond acceptors (Lipinski definition) is 3. The van der Waals surface area contributed by atoms with Crippen molar-refractivity contribution >= 4 is 28.9 Å². The number of benzene rings is 1. The van der Waals surface area contributed by atoms with Crippen molar-refractivity contribution in [3.05, 3.63) is 51.7 Å². The summed E-state index contributed by atoms with van der Waals surface area (Å²) in [4.78, 5) is 24.3. The SMILES string of the molecule is Cc1ccc(C(=O)Nc2cccc(C(=O)O)c2)s1. The molecule has 0 saturated carbocycles. The molecular weight excluding hydrogens is 250 g/mol. The Kier molecular flexibility index (Phi) is 3.43. The fourth-order valence-electron chi connectivity index (χ4n) is 1.48. The quantitative estimate of drug-likeness (QED) is 0.892. The van der Waals surface area contributed by atoms with Gasteiger partial charge in [0, 0.05) is 10.6 Å². The van der Waals surface area contributed by atoms with Crippen LogP contribution in [0.3, 0.4) is 0 Å². The highest BCUT2D eigenvalue weighted by Gasteiger charge is 2.09. The lowest BCUT2D eigenvalue weighted by Crippen LogP contribution is -2.10. The Balaban J connectivity index is 2.16. The molecule has 92 valence electrons. The molecule has 4 nitrogen and oxygen atoms in total. The van der Waals surface area contributed by atoms with E-state index < -0.39 is 5.97 Å². The minimum absolute atomic E-state index is 0.148. The molecule has 0 fully saturated rings. The first-order chi connectivity index (χ1) is 8.56. The standard InChI is InChI=1S/C13H11NO3S/c1-8-5-6-11(18-8)12(15)14-10-4-2-3-9(7-10)13(16)17/h2-7H,1H3,(H,14,15)(H,16,17). The number of aromatic carboxylic acids is 1. The highest BCUT2D eigenvalue weighted by atomic mass is 32.1. The number of anilines is 1. The summed E-state index contributed by atoms with van der Waals surface area (Å²) in [6, 6.07) is 9.78. The fourth-order valence-corrected chi connectivity index (χ4v) is 2.24. The summed E-state index contributed by atoms with van der Waals surface area (Å²) in [6.45, 7) is 1.92. The Bertz CT molecular complexity index is 604. The molecule has 0 atom stereocenters. The first-order valence-electron chi connectivity index (χ1n) is 5.27. The number of thiophene rings is 1. The summed E-state index contributed by atoms with van der Waals surface area (Å²) in [7, 11) is 0. The molecule has 1 aromatic heterocycles. The Hall–Kier alpha value is -2.14. The third kappa shape index (κ3) is 2.75. The van der Waals surface area contributed by atoms with E-state index in [1.165, 1.54) is 23.5 Å². The molecule has 0 saturated heterocycles. The molecule has 2 rings (SSSR count). The van der Waals surface area contributed by atoms with Crippen molar-refractivity contribution in [2.24, 2.45) is 0 Å². The predicted molar refractivity (Wildman–Crippen MR) is 70.4 cm³/mol. The minimum atomic E-state index is -1.02. The number of nitrogens with one attached hydrogen (secondary N) is 1. The average Bonchev–Trinajstić information content (AvgIpc) is 2.76. The zero-order valence-corrected chi connectivity index (χ0v) is 10.5. The van der Waals surface area contributed by atoms with Crippen molar-refractivity contribution in [3.63, 3.8) is 0 Å². The minimum Gasteiger partial charge on any atom is -0.478 e. The molecule has 2 aromatic rings. The van der Waals surface area contributed by atoms with Crippen LogP contribution in [0.25, 0.3) is 0 Å². The second kappa shape index (κ2) is 5.01. The van der Waals surface area contributed by atoms with E-state index in [1.54, 1.807) is 18.2 Å². The second-order valence-electron chi connectivity index (χ2n) is 3.75. The zero-order valence-electron chi connectivity index (χ0n) is 9.64. The number of carboxylic acids is 1. The summed E-state index contributed by atoms with van der Waals surface area (Å²) >= 11 is 1.40. The highest BCUT2D eigenvalue weighted by molar-refractivity contribution is 7.14. The molecule has 1 aromatic carbocycles. The van der Waals surface area contributed by atoms with Crippen LogP contribution < -0.4 is 5.32 Å². The lowest BCUT2D eigenvalue weighted by Gasteiger charge is -2.04. The molecule has 18 heavy (non-hydrogen) atoms. The van der Waals surface area contributed by atoms with Crippen molar-refractivity contribution in [1.82, 2.24) is 0 Å². The van der Waals surface area contributed by atoms with E-state index in [-0.39, 0.29) is 11.5 Å². The molecule has 1 amide bonds. The van der Waals surface area contributed by atoms with Gasteiger partial charge in [-0.3, -0.25) is 4.79 Å². The van der Waals surface area contributed by atoms with E-state index >= 15 is 0 Å². The third-order valence-electron chi connectivity index (χ3n) is 2.33. The van der Waals surface area contributed by atoms with Crippen LogP contribution in [0.5, 0.6) is 0 Å². The average molecular weight is 261 g/mol. The van der Waals surface area contributed by atoms with Crippen LogP contribution in [0, 0.1) is 6.92 Å². The van der Waals surface area contributed by atoms with Gasteiger partial charge in [0.25, 0.3) is 5.91 Å². The first kappa shape index (κ1) is 12.3. The van der Waals surface area contributed by atoms with Crippen LogP contribution >= 0.6 is 11.3 Å². The number of carboxylic acid groups (broad SMARTS) is 1. The molecule has 0 bridgehead atoms. The van der Waals surface area contributed by atoms with Gasteiger partial charge in [-0.1, -0.05) is 6.07 Å². The summed E-state index contributed by atoms with van der Waals surface area (Å²) in [5.41, 5.74) is 0.626. The van der Waals surface area contributed by atoms with Gasteiger partial charge in [0.05, 0.1) is 10.4 Å². The summed E-state index contributed by atoms with van der Waals surface area (Å²) < 4.78 is 0. The number of carbonyl (C=O) groups excluding carboxylic acids is 1. The zero-order chi connectivity index (χ0) is 13.1. The van der Waals surface area contributed by atoms with Crippen LogP contribution in [-0.4, -0.2) is 17.0 Å². The summed E-state index contributed by atoms with van der Waals surface area (Å²) in [5, 5.41) is 11.5. The van der Waals surface area contributed by atoms with Gasteiger partial charge in [-0.25, -0.2) is 4.79 Å². The molecule has 2 N–H and O–H groups in total. The topological polar surface area (TPSA) is 66.4 Å². The van der Waals surface area contributed by atoms with E-state index in [0.29, 0.717) is 10.6 Å². The lowest BCUT2D eigenvalue weighted by molar-refractivity contribution is 0.0696. The van der Waals surface area contributed by atoms with Gasteiger partial charge in [0.15, 0.2) is 0 Å². The van der Waals surface area contributed by atoms with Gasteiger partial charge in [-0.15, -0.1) is 11.3 Å². The molecule has 0 radical (unpaired) electrons. The third-order valence-corrected chi connectivity index (χ3v) is 3.33. The highest BCUT2D eigenvalue weighted by Crippen LogP contribution is 2.18. The van der Waals surface area contributed by atoms with Crippen molar-refractivity contribution in [1.29, 1.82) is 0 Å². The molecule has 0 aliphatic rings. The lowest BCUT2D eigenvalue weighted by atomic mass is 10.2. The number of amides is 1.